The summed E-state index contributed by atoms with van der Waals surface area (Å²) in [6, 6.07) is 19.3. The molecule has 0 atom stereocenters. The number of nitrogens with zero attached hydrogens (tertiary/aromatic N) is 3. The van der Waals surface area contributed by atoms with Crippen molar-refractivity contribution in [2.75, 3.05) is 41.7 Å². The fourth-order valence-electron chi connectivity index (χ4n) is 5.06. The van der Waals surface area contributed by atoms with Crippen molar-refractivity contribution in [3.05, 3.63) is 100 Å². The second-order valence-corrected chi connectivity index (χ2v) is 11.6. The summed E-state index contributed by atoms with van der Waals surface area (Å²) < 4.78 is 1.56. The van der Waals surface area contributed by atoms with Crippen molar-refractivity contribution in [3.63, 3.8) is 0 Å². The second kappa shape index (κ2) is 11.6. The molecule has 3 heterocycles. The zero-order valence-corrected chi connectivity index (χ0v) is 24.4. The van der Waals surface area contributed by atoms with Crippen LogP contribution in [0, 0.1) is 6.92 Å². The lowest BCUT2D eigenvalue weighted by atomic mass is 9.86. The van der Waals surface area contributed by atoms with E-state index >= 15 is 0 Å². The molecule has 0 spiro atoms. The van der Waals surface area contributed by atoms with Crippen LogP contribution in [0.3, 0.4) is 0 Å². The van der Waals surface area contributed by atoms with Gasteiger partial charge in [-0.15, -0.1) is 0 Å². The Morgan fingerprint density at radius 2 is 1.71 bits per heavy atom. The number of rotatable bonds is 6. The first-order chi connectivity index (χ1) is 19.6. The summed E-state index contributed by atoms with van der Waals surface area (Å²) in [5, 5.41) is 9.63. The van der Waals surface area contributed by atoms with E-state index < -0.39 is 0 Å². The minimum Gasteiger partial charge on any atom is -0.368 e. The van der Waals surface area contributed by atoms with Gasteiger partial charge in [0.25, 0.3) is 11.5 Å². The fourth-order valence-corrected chi connectivity index (χ4v) is 5.06. The molecule has 4 aromatic rings. The van der Waals surface area contributed by atoms with E-state index in [4.69, 9.17) is 0 Å². The van der Waals surface area contributed by atoms with Gasteiger partial charge in [0.05, 0.1) is 11.9 Å². The zero-order valence-electron chi connectivity index (χ0n) is 24.4. The minimum atomic E-state index is -0.163. The van der Waals surface area contributed by atoms with Gasteiger partial charge in [-0.25, -0.2) is 4.98 Å². The van der Waals surface area contributed by atoms with Crippen molar-refractivity contribution < 1.29 is 4.79 Å². The maximum absolute atomic E-state index is 13.1. The number of hydrogen-bond donors (Lipinski definition) is 3. The molecule has 1 aliphatic heterocycles. The predicted molar refractivity (Wildman–Crippen MR) is 168 cm³/mol. The van der Waals surface area contributed by atoms with Gasteiger partial charge in [-0.1, -0.05) is 45.0 Å². The SMILES string of the molecule is Cc1c(NC(=O)c2ccc(C(C)(C)C)cc2)cccc1-c1cc(Nc2ccc(N3CCNCC3)cn2)c(=O)n(C)c1. The summed E-state index contributed by atoms with van der Waals surface area (Å²) in [7, 11) is 1.74. The summed E-state index contributed by atoms with van der Waals surface area (Å²) in [4.78, 5) is 32.9. The molecule has 1 saturated heterocycles. The molecular weight excluding hydrogens is 512 g/mol. The van der Waals surface area contributed by atoms with E-state index in [0.29, 0.717) is 17.1 Å². The summed E-state index contributed by atoms with van der Waals surface area (Å²) in [5.74, 6) is 0.442. The normalized spacial score (nSPS) is 13.6. The van der Waals surface area contributed by atoms with E-state index in [-0.39, 0.29) is 16.9 Å². The minimum absolute atomic E-state index is 0.0218. The van der Waals surface area contributed by atoms with Gasteiger partial charge in [0.1, 0.15) is 11.5 Å². The van der Waals surface area contributed by atoms with E-state index in [9.17, 15) is 9.59 Å². The third-order valence-corrected chi connectivity index (χ3v) is 7.58. The van der Waals surface area contributed by atoms with Crippen LogP contribution in [0.5, 0.6) is 0 Å². The number of aromatic nitrogens is 2. The second-order valence-electron chi connectivity index (χ2n) is 11.6. The van der Waals surface area contributed by atoms with E-state index in [2.05, 4.69) is 46.6 Å². The van der Waals surface area contributed by atoms with Gasteiger partial charge in [0, 0.05) is 56.2 Å². The molecular formula is C33H38N6O2. The number of pyridine rings is 2. The van der Waals surface area contributed by atoms with Crippen molar-refractivity contribution in [2.24, 2.45) is 7.05 Å². The number of nitrogens with one attached hydrogen (secondary N) is 3. The lowest BCUT2D eigenvalue weighted by Gasteiger charge is -2.29. The van der Waals surface area contributed by atoms with E-state index in [0.717, 1.165) is 54.2 Å². The van der Waals surface area contributed by atoms with Crippen LogP contribution in [-0.2, 0) is 12.5 Å². The molecule has 3 N–H and O–H groups in total. The van der Waals surface area contributed by atoms with Gasteiger partial charge in [0.15, 0.2) is 0 Å². The van der Waals surface area contributed by atoms with Crippen molar-refractivity contribution in [1.29, 1.82) is 0 Å². The molecule has 212 valence electrons. The van der Waals surface area contributed by atoms with E-state index in [1.54, 1.807) is 11.6 Å². The lowest BCUT2D eigenvalue weighted by Crippen LogP contribution is -2.43. The number of piperazine rings is 1. The first-order valence-corrected chi connectivity index (χ1v) is 14.0. The predicted octanol–water partition coefficient (Wildman–Crippen LogP) is 5.46. The zero-order chi connectivity index (χ0) is 29.1. The lowest BCUT2D eigenvalue weighted by molar-refractivity contribution is 0.102. The van der Waals surface area contributed by atoms with Gasteiger partial charge in [-0.05, 0) is 65.4 Å². The topological polar surface area (TPSA) is 91.3 Å². The highest BCUT2D eigenvalue weighted by Crippen LogP contribution is 2.30. The number of amides is 1. The number of benzene rings is 2. The highest BCUT2D eigenvalue weighted by Gasteiger charge is 2.17. The average molecular weight is 551 g/mol. The Balaban J connectivity index is 1.37. The first kappa shape index (κ1) is 28.1. The van der Waals surface area contributed by atoms with Crippen molar-refractivity contribution in [1.82, 2.24) is 14.9 Å². The van der Waals surface area contributed by atoms with Gasteiger partial charge < -0.3 is 25.4 Å². The molecule has 0 saturated carbocycles. The molecule has 5 rings (SSSR count). The smallest absolute Gasteiger partial charge is 0.274 e. The van der Waals surface area contributed by atoms with Crippen LogP contribution in [0.4, 0.5) is 22.9 Å². The average Bonchev–Trinajstić information content (AvgIpc) is 2.97. The van der Waals surface area contributed by atoms with Gasteiger partial charge in [0.2, 0.25) is 0 Å². The molecule has 8 nitrogen and oxygen atoms in total. The van der Waals surface area contributed by atoms with Crippen LogP contribution in [0.1, 0.15) is 42.3 Å². The van der Waals surface area contributed by atoms with Crippen LogP contribution >= 0.6 is 0 Å². The van der Waals surface area contributed by atoms with Gasteiger partial charge in [-0.3, -0.25) is 9.59 Å². The van der Waals surface area contributed by atoms with Crippen molar-refractivity contribution in [3.8, 4) is 11.1 Å². The third kappa shape index (κ3) is 6.33. The van der Waals surface area contributed by atoms with Gasteiger partial charge >= 0.3 is 0 Å². The number of carbonyl (C=O) groups is 1. The molecule has 2 aromatic carbocycles. The molecule has 0 aliphatic carbocycles. The largest absolute Gasteiger partial charge is 0.368 e. The maximum atomic E-state index is 13.1. The van der Waals surface area contributed by atoms with Crippen LogP contribution in [0.15, 0.2) is 77.9 Å². The summed E-state index contributed by atoms with van der Waals surface area (Å²) in [6.45, 7) is 12.2. The standard InChI is InChI=1S/C33H38N6O2/c1-22-27(7-6-8-28(22)37-31(40)23-9-11-25(12-10-23)33(2,3)4)24-19-29(32(41)38(5)21-24)36-30-14-13-26(20-35-30)39-17-15-34-16-18-39/h6-14,19-21,34H,15-18H2,1-5H3,(H,35,36)(H,37,40). The molecule has 1 aliphatic rings. The summed E-state index contributed by atoms with van der Waals surface area (Å²) in [6.07, 6.45) is 3.66. The molecule has 1 fully saturated rings. The Hall–Kier alpha value is -4.43. The Morgan fingerprint density at radius 1 is 0.976 bits per heavy atom. The highest BCUT2D eigenvalue weighted by atomic mass is 16.1. The molecule has 1 amide bonds. The molecule has 0 radical (unpaired) electrons. The first-order valence-electron chi connectivity index (χ1n) is 14.0. The Morgan fingerprint density at radius 3 is 2.37 bits per heavy atom. The number of aryl methyl sites for hydroxylation is 1. The van der Waals surface area contributed by atoms with Crippen LogP contribution in [-0.4, -0.2) is 41.6 Å². The quantitative estimate of drug-likeness (QED) is 0.295. The van der Waals surface area contributed by atoms with Gasteiger partial charge in [-0.2, -0.15) is 0 Å². The molecule has 8 heteroatoms. The number of carbonyl (C=O) groups excluding carboxylic acids is 1. The Labute approximate surface area is 241 Å². The maximum Gasteiger partial charge on any atom is 0.274 e. The molecule has 41 heavy (non-hydrogen) atoms. The molecule has 0 bridgehead atoms. The monoisotopic (exact) mass is 550 g/mol. The van der Waals surface area contributed by atoms with Crippen LogP contribution in [0.2, 0.25) is 0 Å². The van der Waals surface area contributed by atoms with E-state index in [1.807, 2.05) is 80.0 Å². The fraction of sp³-hybridized carbons (Fsp3) is 0.303. The highest BCUT2D eigenvalue weighted by molar-refractivity contribution is 6.05. The summed E-state index contributed by atoms with van der Waals surface area (Å²) in [5.41, 5.74) is 6.57. The van der Waals surface area contributed by atoms with Crippen molar-refractivity contribution >= 4 is 28.8 Å². The Kier molecular flexibility index (Phi) is 7.94. The Bertz CT molecular complexity index is 1600. The van der Waals surface area contributed by atoms with Crippen LogP contribution in [0.25, 0.3) is 11.1 Å². The summed E-state index contributed by atoms with van der Waals surface area (Å²) >= 11 is 0. The van der Waals surface area contributed by atoms with Crippen LogP contribution < -0.4 is 26.4 Å². The number of hydrogen-bond acceptors (Lipinski definition) is 6. The van der Waals surface area contributed by atoms with E-state index in [1.165, 1.54) is 5.56 Å². The van der Waals surface area contributed by atoms with Crippen molar-refractivity contribution in [2.45, 2.75) is 33.1 Å². The molecule has 0 unspecified atom stereocenters. The molecule has 2 aromatic heterocycles. The third-order valence-electron chi connectivity index (χ3n) is 7.58. The number of anilines is 4.